The summed E-state index contributed by atoms with van der Waals surface area (Å²) in [6.45, 7) is 1.74. The van der Waals surface area contributed by atoms with Crippen molar-refractivity contribution >= 4 is 8.11 Å². The van der Waals surface area contributed by atoms with E-state index in [4.69, 9.17) is 0 Å². The van der Waals surface area contributed by atoms with Crippen LogP contribution in [0, 0.1) is 0 Å². The second-order valence-corrected chi connectivity index (χ2v) is 12.6. The van der Waals surface area contributed by atoms with Gasteiger partial charge in [0, 0.05) is 0 Å². The molecule has 0 aromatic heterocycles. The Morgan fingerprint density at radius 1 is 0.625 bits per heavy atom. The van der Waals surface area contributed by atoms with Crippen molar-refractivity contribution in [1.82, 2.24) is 0 Å². The summed E-state index contributed by atoms with van der Waals surface area (Å²) in [5, 5.41) is 0. The zero-order valence-corrected chi connectivity index (χ0v) is 11.2. The summed E-state index contributed by atoms with van der Waals surface area (Å²) in [6.07, 6.45) is 0. The predicted octanol–water partition coefficient (Wildman–Crippen LogP) is 0.612. The average Bonchev–Trinajstić information content (AvgIpc) is 2.48. The standard InChI is InChI=1S/C9H21F3N3Si/c1-13-4-6-14(2)8-9-15(3,7-5-13)16(13,14,10,11)12/h4-9H2,1-3H3/q+1. The fourth-order valence-corrected chi connectivity index (χ4v) is 11.6. The predicted molar refractivity (Wildman–Crippen MR) is 56.8 cm³/mol. The molecule has 0 aromatic carbocycles. The van der Waals surface area contributed by atoms with Gasteiger partial charge in [-0.05, 0) is 0 Å². The van der Waals surface area contributed by atoms with Crippen LogP contribution in [0.1, 0.15) is 0 Å². The Balaban J connectivity index is 2.46. The van der Waals surface area contributed by atoms with Crippen LogP contribution in [0.4, 0.5) is 12.3 Å². The van der Waals surface area contributed by atoms with Gasteiger partial charge in [-0.2, -0.15) is 0 Å². The maximum absolute atomic E-state index is 15.6. The van der Waals surface area contributed by atoms with Crippen LogP contribution in [0.3, 0.4) is 0 Å². The molecular weight excluding hydrogens is 235 g/mol. The quantitative estimate of drug-likeness (QED) is 0.440. The molecule has 3 saturated heterocycles. The maximum atomic E-state index is 15.6. The van der Waals surface area contributed by atoms with Crippen LogP contribution in [-0.2, 0) is 0 Å². The molecule has 7 heteroatoms. The summed E-state index contributed by atoms with van der Waals surface area (Å²) >= 11 is 0. The molecule has 0 atom stereocenters. The van der Waals surface area contributed by atoms with Crippen molar-refractivity contribution in [2.75, 3.05) is 60.4 Å². The Kier molecular flexibility index (Phi) is 1.31. The van der Waals surface area contributed by atoms with Crippen molar-refractivity contribution in [2.45, 2.75) is 0 Å². The number of hydrogen-bond acceptors (Lipinski definition) is 0. The summed E-state index contributed by atoms with van der Waals surface area (Å²) in [4.78, 5) is 0. The van der Waals surface area contributed by atoms with Crippen LogP contribution < -0.4 is 0 Å². The fourth-order valence-electron chi connectivity index (χ4n) is 4.77. The monoisotopic (exact) mass is 256 g/mol. The number of rotatable bonds is 0. The van der Waals surface area contributed by atoms with Gasteiger partial charge in [-0.25, -0.2) is 0 Å². The Bertz CT molecular complexity index is 344. The van der Waals surface area contributed by atoms with E-state index in [9.17, 15) is 0 Å². The number of hydrogen-bond donors (Lipinski definition) is 0. The Labute approximate surface area is 94.0 Å². The number of nitrogens with zero attached hydrogens (tertiary/aromatic N) is 3. The van der Waals surface area contributed by atoms with E-state index in [-0.39, 0.29) is 39.3 Å². The van der Waals surface area contributed by atoms with Crippen LogP contribution in [0.2, 0.25) is 0 Å². The Morgan fingerprint density at radius 2 is 0.812 bits per heavy atom. The van der Waals surface area contributed by atoms with Crippen LogP contribution >= 0.6 is 0 Å². The molecule has 0 unspecified atom stereocenters. The van der Waals surface area contributed by atoms with Gasteiger partial charge in [0.1, 0.15) is 0 Å². The molecule has 3 rings (SSSR count). The number of likely N-dealkylation sites (N-methyl/N-ethyl adjacent to an activating group) is 3. The van der Waals surface area contributed by atoms with Gasteiger partial charge in [0.15, 0.2) is 0 Å². The van der Waals surface area contributed by atoms with Gasteiger partial charge in [0.2, 0.25) is 0 Å². The van der Waals surface area contributed by atoms with Gasteiger partial charge in [-0.15, -0.1) is 0 Å². The first-order chi connectivity index (χ1) is 6.96. The molecule has 3 heterocycles. The van der Waals surface area contributed by atoms with Crippen molar-refractivity contribution in [1.29, 1.82) is 0 Å². The Morgan fingerprint density at radius 3 is 1.00 bits per heavy atom. The summed E-state index contributed by atoms with van der Waals surface area (Å²) in [6, 6.07) is 0. The van der Waals surface area contributed by atoms with Gasteiger partial charge < -0.3 is 0 Å². The molecule has 0 amide bonds. The van der Waals surface area contributed by atoms with Crippen molar-refractivity contribution in [2.24, 2.45) is 0 Å². The summed E-state index contributed by atoms with van der Waals surface area (Å²) in [7, 11) is -2.83. The number of quaternary nitrogens is 3. The van der Waals surface area contributed by atoms with Crippen LogP contribution in [0.15, 0.2) is 0 Å². The third-order valence-corrected chi connectivity index (χ3v) is 14.5. The average molecular weight is 256 g/mol. The van der Waals surface area contributed by atoms with Gasteiger partial charge in [-0.1, -0.05) is 0 Å². The second-order valence-electron chi connectivity index (χ2n) is 6.80. The molecule has 0 saturated carbocycles. The molecule has 3 aliphatic rings. The molecule has 0 bridgehead atoms. The van der Waals surface area contributed by atoms with Crippen molar-refractivity contribution < 1.29 is 24.8 Å². The van der Waals surface area contributed by atoms with Crippen molar-refractivity contribution in [3.63, 3.8) is 0 Å². The van der Waals surface area contributed by atoms with E-state index < -0.39 is 20.6 Å². The second kappa shape index (κ2) is 1.90. The molecule has 3 nitrogen and oxygen atoms in total. The van der Waals surface area contributed by atoms with E-state index in [0.29, 0.717) is 0 Å². The molecule has 3 fully saturated rings. The molecule has 16 heavy (non-hydrogen) atoms. The zero-order valence-electron chi connectivity index (χ0n) is 10.2. The molecule has 0 aliphatic carbocycles. The first-order valence-corrected chi connectivity index (χ1v) is 8.45. The van der Waals surface area contributed by atoms with Crippen LogP contribution in [0.5, 0.6) is 0 Å². The van der Waals surface area contributed by atoms with E-state index in [1.165, 1.54) is 21.1 Å². The summed E-state index contributed by atoms with van der Waals surface area (Å²) in [5.74, 6) is 0. The van der Waals surface area contributed by atoms with Crippen LogP contribution in [0.25, 0.3) is 0 Å². The van der Waals surface area contributed by atoms with E-state index >= 15 is 12.3 Å². The van der Waals surface area contributed by atoms with E-state index in [1.54, 1.807) is 0 Å². The minimum atomic E-state index is -7.17. The third kappa shape index (κ3) is 0.531. The van der Waals surface area contributed by atoms with Crippen molar-refractivity contribution in [3.05, 3.63) is 0 Å². The number of halogens is 3. The first kappa shape index (κ1) is 11.0. The SMILES string of the molecule is C[N+]12CC[N+]3(C)CC[N+](C)(CC1)[Si-2]23(F)(F)F. The zero-order chi connectivity index (χ0) is 12.2. The van der Waals surface area contributed by atoms with E-state index in [2.05, 4.69) is 0 Å². The van der Waals surface area contributed by atoms with E-state index in [1.807, 2.05) is 0 Å². The molecule has 0 N–H and O–H groups in total. The normalized spacial score (nSPS) is 64.1. The van der Waals surface area contributed by atoms with E-state index in [0.717, 1.165) is 0 Å². The third-order valence-electron chi connectivity index (χ3n) is 6.55. The van der Waals surface area contributed by atoms with Gasteiger partial charge in [-0.3, -0.25) is 0 Å². The molecule has 3 aliphatic heterocycles. The molecule has 0 spiro atoms. The van der Waals surface area contributed by atoms with Gasteiger partial charge >= 0.3 is 93.3 Å². The molecular formula is C9H21F3N3Si+. The van der Waals surface area contributed by atoms with Crippen molar-refractivity contribution in [3.8, 4) is 0 Å². The summed E-state index contributed by atoms with van der Waals surface area (Å²) in [5.41, 5.74) is 0. The molecule has 0 radical (unpaired) electrons. The fraction of sp³-hybridized carbons (Fsp3) is 1.00. The van der Waals surface area contributed by atoms with Gasteiger partial charge in [0.05, 0.1) is 0 Å². The molecule has 96 valence electrons. The Hall–Kier alpha value is -0.113. The van der Waals surface area contributed by atoms with Crippen LogP contribution in [-0.4, -0.2) is 81.0 Å². The minimum absolute atomic E-state index is 0.290. The molecule has 0 aromatic rings. The first-order valence-electron chi connectivity index (χ1n) is 5.98. The summed E-state index contributed by atoms with van der Waals surface area (Å²) < 4.78 is 45.1. The topological polar surface area (TPSA) is 0 Å². The van der Waals surface area contributed by atoms with Gasteiger partial charge in [0.25, 0.3) is 0 Å².